The fourth-order valence-electron chi connectivity index (χ4n) is 2.91. The van der Waals surface area contributed by atoms with Gasteiger partial charge < -0.3 is 10.1 Å². The summed E-state index contributed by atoms with van der Waals surface area (Å²) in [6.45, 7) is 3.87. The van der Waals surface area contributed by atoms with E-state index in [0.29, 0.717) is 10.6 Å². The Morgan fingerprint density at radius 3 is 2.70 bits per heavy atom. The van der Waals surface area contributed by atoms with Crippen LogP contribution in [0.5, 0.6) is 5.75 Å². The van der Waals surface area contributed by atoms with Gasteiger partial charge in [-0.1, -0.05) is 25.1 Å². The zero-order valence-electron chi connectivity index (χ0n) is 15.4. The van der Waals surface area contributed by atoms with Crippen LogP contribution < -0.4 is 10.1 Å². The summed E-state index contributed by atoms with van der Waals surface area (Å²) < 4.78 is 7.39. The second kappa shape index (κ2) is 8.49. The molecule has 0 aliphatic rings. The monoisotopic (exact) mass is 402 g/mol. The minimum Gasteiger partial charge on any atom is -0.497 e. The fraction of sp³-hybridized carbons (Fsp3) is 0.316. The van der Waals surface area contributed by atoms with Gasteiger partial charge in [-0.25, -0.2) is 0 Å². The molecule has 0 radical (unpaired) electrons. The number of methoxy groups -OCH3 is 1. The van der Waals surface area contributed by atoms with Gasteiger partial charge in [0.25, 0.3) is 0 Å². The molecule has 1 amide bonds. The predicted molar refractivity (Wildman–Crippen MR) is 110 cm³/mol. The second-order valence-corrected chi connectivity index (χ2v) is 7.45. The first-order valence-electron chi connectivity index (χ1n) is 8.70. The third-order valence-corrected chi connectivity index (χ3v) is 5.61. The maximum atomic E-state index is 12.9. The standard InChI is InChI=1S/C19H22N4O2S2/c1-4-15(13-7-9-14(25-3)10-8-13)20-18(24)12(2)23-17(21-22-19(23)26)16-6-5-11-27-16/h5-12,15H,4H2,1-3H3,(H,20,24)(H,22,26). The molecule has 3 aromatic rings. The third kappa shape index (κ3) is 4.12. The number of ether oxygens (including phenoxy) is 1. The highest BCUT2D eigenvalue weighted by atomic mass is 32.1. The van der Waals surface area contributed by atoms with Gasteiger partial charge in [0.05, 0.1) is 18.0 Å². The summed E-state index contributed by atoms with van der Waals surface area (Å²) in [4.78, 5) is 13.9. The molecule has 0 aliphatic heterocycles. The maximum Gasteiger partial charge on any atom is 0.243 e. The van der Waals surface area contributed by atoms with Gasteiger partial charge in [-0.05, 0) is 54.7 Å². The topological polar surface area (TPSA) is 71.9 Å². The molecule has 0 saturated heterocycles. The normalized spacial score (nSPS) is 13.1. The average molecular weight is 403 g/mol. The molecule has 27 heavy (non-hydrogen) atoms. The summed E-state index contributed by atoms with van der Waals surface area (Å²) >= 11 is 6.92. The Balaban J connectivity index is 1.81. The Morgan fingerprint density at radius 2 is 2.11 bits per heavy atom. The summed E-state index contributed by atoms with van der Waals surface area (Å²) in [6.07, 6.45) is 0.777. The summed E-state index contributed by atoms with van der Waals surface area (Å²) in [5.41, 5.74) is 1.04. The van der Waals surface area contributed by atoms with E-state index in [1.54, 1.807) is 23.0 Å². The first kappa shape index (κ1) is 19.3. The van der Waals surface area contributed by atoms with Crippen LogP contribution in [0.3, 0.4) is 0 Å². The fourth-order valence-corrected chi connectivity index (χ4v) is 3.91. The van der Waals surface area contributed by atoms with Crippen molar-refractivity contribution in [1.29, 1.82) is 0 Å². The molecule has 0 fully saturated rings. The lowest BCUT2D eigenvalue weighted by Crippen LogP contribution is -2.34. The van der Waals surface area contributed by atoms with Crippen molar-refractivity contribution in [3.05, 3.63) is 52.1 Å². The largest absolute Gasteiger partial charge is 0.497 e. The first-order chi connectivity index (χ1) is 13.0. The molecule has 8 heteroatoms. The summed E-state index contributed by atoms with van der Waals surface area (Å²) in [6, 6.07) is 11.1. The van der Waals surface area contributed by atoms with Crippen LogP contribution in [0.15, 0.2) is 41.8 Å². The molecule has 2 heterocycles. The number of aromatic amines is 1. The minimum absolute atomic E-state index is 0.0860. The highest BCUT2D eigenvalue weighted by molar-refractivity contribution is 7.71. The number of carbonyl (C=O) groups is 1. The van der Waals surface area contributed by atoms with E-state index in [-0.39, 0.29) is 11.9 Å². The van der Waals surface area contributed by atoms with Gasteiger partial charge in [-0.15, -0.1) is 11.3 Å². The van der Waals surface area contributed by atoms with Gasteiger partial charge in [0.15, 0.2) is 10.6 Å². The lowest BCUT2D eigenvalue weighted by atomic mass is 10.0. The van der Waals surface area contributed by atoms with Crippen LogP contribution in [0, 0.1) is 4.77 Å². The number of carbonyl (C=O) groups excluding carboxylic acids is 1. The van der Waals surface area contributed by atoms with Crippen LogP contribution in [-0.2, 0) is 4.79 Å². The Bertz CT molecular complexity index is 945. The molecular formula is C19H22N4O2S2. The Hall–Kier alpha value is -2.45. The van der Waals surface area contributed by atoms with Crippen molar-refractivity contribution < 1.29 is 9.53 Å². The molecule has 2 unspecified atom stereocenters. The average Bonchev–Trinajstić information content (AvgIpc) is 3.35. The van der Waals surface area contributed by atoms with E-state index in [1.165, 1.54) is 0 Å². The first-order valence-corrected chi connectivity index (χ1v) is 9.99. The van der Waals surface area contributed by atoms with Crippen molar-refractivity contribution in [3.8, 4) is 16.5 Å². The Kier molecular flexibility index (Phi) is 6.08. The van der Waals surface area contributed by atoms with Gasteiger partial charge in [0.1, 0.15) is 11.8 Å². The SMILES string of the molecule is CCC(NC(=O)C(C)n1c(-c2cccs2)n[nH]c1=S)c1ccc(OC)cc1. The minimum atomic E-state index is -0.486. The molecule has 0 aliphatic carbocycles. The van der Waals surface area contributed by atoms with Crippen molar-refractivity contribution in [2.45, 2.75) is 32.4 Å². The van der Waals surface area contributed by atoms with E-state index in [9.17, 15) is 4.79 Å². The van der Waals surface area contributed by atoms with Crippen molar-refractivity contribution in [1.82, 2.24) is 20.1 Å². The molecule has 0 spiro atoms. The number of hydrogen-bond donors (Lipinski definition) is 2. The van der Waals surface area contributed by atoms with E-state index in [1.807, 2.05) is 55.6 Å². The molecule has 1 aromatic carbocycles. The highest BCUT2D eigenvalue weighted by Gasteiger charge is 2.23. The summed E-state index contributed by atoms with van der Waals surface area (Å²) in [7, 11) is 1.63. The van der Waals surface area contributed by atoms with Crippen molar-refractivity contribution in [2.24, 2.45) is 0 Å². The van der Waals surface area contributed by atoms with E-state index in [0.717, 1.165) is 22.6 Å². The van der Waals surface area contributed by atoms with Crippen LogP contribution in [0.25, 0.3) is 10.7 Å². The van der Waals surface area contributed by atoms with Crippen LogP contribution in [-0.4, -0.2) is 27.8 Å². The van der Waals surface area contributed by atoms with Gasteiger partial charge in [0.2, 0.25) is 5.91 Å². The molecule has 3 rings (SSSR count). The highest BCUT2D eigenvalue weighted by Crippen LogP contribution is 2.26. The van der Waals surface area contributed by atoms with Crippen LogP contribution in [0.2, 0.25) is 0 Å². The van der Waals surface area contributed by atoms with E-state index < -0.39 is 6.04 Å². The van der Waals surface area contributed by atoms with E-state index in [2.05, 4.69) is 15.5 Å². The number of benzene rings is 1. The molecule has 2 N–H and O–H groups in total. The number of hydrogen-bond acceptors (Lipinski definition) is 5. The zero-order valence-corrected chi connectivity index (χ0v) is 17.1. The van der Waals surface area contributed by atoms with Crippen molar-refractivity contribution >= 4 is 29.5 Å². The zero-order chi connectivity index (χ0) is 19.4. The molecule has 142 valence electrons. The number of aromatic nitrogens is 3. The van der Waals surface area contributed by atoms with Gasteiger partial charge in [0, 0.05) is 0 Å². The number of rotatable bonds is 7. The lowest BCUT2D eigenvalue weighted by molar-refractivity contribution is -0.124. The van der Waals surface area contributed by atoms with Gasteiger partial charge in [-0.2, -0.15) is 5.10 Å². The quantitative estimate of drug-likeness (QED) is 0.571. The van der Waals surface area contributed by atoms with E-state index in [4.69, 9.17) is 17.0 Å². The lowest BCUT2D eigenvalue weighted by Gasteiger charge is -2.21. The second-order valence-electron chi connectivity index (χ2n) is 6.12. The maximum absolute atomic E-state index is 12.9. The number of amides is 1. The van der Waals surface area contributed by atoms with Crippen molar-refractivity contribution in [2.75, 3.05) is 7.11 Å². The Labute approximate surface area is 167 Å². The predicted octanol–water partition coefficient (Wildman–Crippen LogP) is 4.51. The number of nitrogens with zero attached hydrogens (tertiary/aromatic N) is 2. The van der Waals surface area contributed by atoms with Crippen LogP contribution >= 0.6 is 23.6 Å². The summed E-state index contributed by atoms with van der Waals surface area (Å²) in [5.74, 6) is 1.36. The van der Waals surface area contributed by atoms with E-state index >= 15 is 0 Å². The number of H-pyrrole nitrogens is 1. The molecule has 2 aromatic heterocycles. The smallest absolute Gasteiger partial charge is 0.243 e. The molecular weight excluding hydrogens is 380 g/mol. The molecule has 0 saturated carbocycles. The Morgan fingerprint density at radius 1 is 1.37 bits per heavy atom. The van der Waals surface area contributed by atoms with Crippen LogP contribution in [0.4, 0.5) is 0 Å². The van der Waals surface area contributed by atoms with Crippen molar-refractivity contribution in [3.63, 3.8) is 0 Å². The van der Waals surface area contributed by atoms with Crippen LogP contribution in [0.1, 0.15) is 37.9 Å². The number of nitrogens with one attached hydrogen (secondary N) is 2. The number of thiophene rings is 1. The molecule has 6 nitrogen and oxygen atoms in total. The molecule has 0 bridgehead atoms. The third-order valence-electron chi connectivity index (χ3n) is 4.46. The molecule has 2 atom stereocenters. The summed E-state index contributed by atoms with van der Waals surface area (Å²) in [5, 5.41) is 12.2. The van der Waals surface area contributed by atoms with Gasteiger partial charge >= 0.3 is 0 Å². The van der Waals surface area contributed by atoms with Gasteiger partial charge in [-0.3, -0.25) is 14.5 Å².